The molecule has 34 heavy (non-hydrogen) atoms. The largest absolute Gasteiger partial charge is 0.468 e. The monoisotopic (exact) mass is 474 g/mol. The van der Waals surface area contributed by atoms with E-state index in [2.05, 4.69) is 20.8 Å². The minimum Gasteiger partial charge on any atom is -0.468 e. The summed E-state index contributed by atoms with van der Waals surface area (Å²) in [5, 5.41) is 0. The fourth-order valence-corrected chi connectivity index (χ4v) is 9.01. The van der Waals surface area contributed by atoms with Gasteiger partial charge in [-0.3, -0.25) is 19.2 Å². The highest BCUT2D eigenvalue weighted by molar-refractivity contribution is 5.94. The third kappa shape index (κ3) is 3.83. The zero-order valence-corrected chi connectivity index (χ0v) is 21.6. The summed E-state index contributed by atoms with van der Waals surface area (Å²) in [5.41, 5.74) is 0.118. The van der Waals surface area contributed by atoms with Gasteiger partial charge < -0.3 is 9.47 Å². The number of hydrogen-bond donors (Lipinski definition) is 0. The first-order chi connectivity index (χ1) is 16.1. The Bertz CT molecular complexity index is 834. The molecule has 4 aliphatic rings. The maximum absolute atomic E-state index is 14.0. The summed E-state index contributed by atoms with van der Waals surface area (Å²) in [7, 11) is 2.61. The van der Waals surface area contributed by atoms with E-state index in [1.54, 1.807) is 0 Å². The predicted molar refractivity (Wildman–Crippen MR) is 127 cm³/mol. The van der Waals surface area contributed by atoms with Crippen molar-refractivity contribution in [2.45, 2.75) is 85.0 Å². The van der Waals surface area contributed by atoms with E-state index < -0.39 is 17.9 Å². The van der Waals surface area contributed by atoms with Crippen LogP contribution in [0, 0.1) is 52.3 Å². The van der Waals surface area contributed by atoms with E-state index in [4.69, 9.17) is 9.47 Å². The number of Topliss-reactive ketones (excluding diaryl/α,β-unsaturated/α-hetero) is 2. The molecule has 0 aliphatic heterocycles. The average molecular weight is 475 g/mol. The molecule has 6 nitrogen and oxygen atoms in total. The van der Waals surface area contributed by atoms with Gasteiger partial charge in [-0.15, -0.1) is 0 Å². The van der Waals surface area contributed by atoms with Crippen LogP contribution in [-0.4, -0.2) is 37.7 Å². The molecule has 8 atom stereocenters. The van der Waals surface area contributed by atoms with Gasteiger partial charge in [0.25, 0.3) is 0 Å². The molecule has 4 unspecified atom stereocenters. The molecular formula is C28H42O6. The molecule has 0 radical (unpaired) electrons. The van der Waals surface area contributed by atoms with Gasteiger partial charge >= 0.3 is 11.9 Å². The summed E-state index contributed by atoms with van der Waals surface area (Å²) < 4.78 is 9.70. The number of carbonyl (C=O) groups excluding carboxylic acids is 4. The van der Waals surface area contributed by atoms with Crippen LogP contribution in [0.25, 0.3) is 0 Å². The molecule has 0 N–H and O–H groups in total. The quantitative estimate of drug-likeness (QED) is 0.407. The fraction of sp³-hybridized carbons (Fsp3) is 0.857. The Hall–Kier alpha value is -1.72. The van der Waals surface area contributed by atoms with Crippen LogP contribution in [0.2, 0.25) is 0 Å². The predicted octanol–water partition coefficient (Wildman–Crippen LogP) is 4.77. The highest BCUT2D eigenvalue weighted by atomic mass is 16.5. The van der Waals surface area contributed by atoms with E-state index in [0.29, 0.717) is 48.6 Å². The van der Waals surface area contributed by atoms with E-state index in [1.165, 1.54) is 14.2 Å². The molecule has 0 aromatic heterocycles. The SMILES string of the molecule is CC[C@H]1C(=O)C2C3CCC(CCC(C(=O)OC)C(=O)OC)[C@@]3(C)CCC2[C@@]2(C)CCC(=O)C[C@@H]12. The molecule has 0 saturated heterocycles. The normalized spacial score (nSPS) is 41.5. The first-order valence-electron chi connectivity index (χ1n) is 13.3. The zero-order valence-electron chi connectivity index (χ0n) is 21.6. The molecular weight excluding hydrogens is 432 g/mol. The van der Waals surface area contributed by atoms with Gasteiger partial charge in [0, 0.05) is 24.7 Å². The lowest BCUT2D eigenvalue weighted by Gasteiger charge is -2.61. The van der Waals surface area contributed by atoms with Gasteiger partial charge in [-0.25, -0.2) is 0 Å². The van der Waals surface area contributed by atoms with Crippen molar-refractivity contribution in [1.82, 2.24) is 0 Å². The highest BCUT2D eigenvalue weighted by Crippen LogP contribution is 2.68. The van der Waals surface area contributed by atoms with Crippen molar-refractivity contribution >= 4 is 23.5 Å². The first-order valence-corrected chi connectivity index (χ1v) is 13.3. The summed E-state index contributed by atoms with van der Waals surface area (Å²) in [4.78, 5) is 50.7. The Morgan fingerprint density at radius 3 is 2.21 bits per heavy atom. The van der Waals surface area contributed by atoms with E-state index in [0.717, 1.165) is 44.9 Å². The third-order valence-electron chi connectivity index (χ3n) is 10.9. The Morgan fingerprint density at radius 2 is 1.59 bits per heavy atom. The molecule has 4 aliphatic carbocycles. The van der Waals surface area contributed by atoms with Gasteiger partial charge in [-0.2, -0.15) is 0 Å². The molecule has 4 rings (SSSR count). The summed E-state index contributed by atoms with van der Waals surface area (Å²) >= 11 is 0. The molecule has 4 fully saturated rings. The molecule has 0 aromatic carbocycles. The summed E-state index contributed by atoms with van der Waals surface area (Å²) in [6, 6.07) is 0. The summed E-state index contributed by atoms with van der Waals surface area (Å²) in [5.74, 6) is 0.191. The maximum Gasteiger partial charge on any atom is 0.320 e. The summed E-state index contributed by atoms with van der Waals surface area (Å²) in [6.07, 6.45) is 8.35. The molecule has 0 aromatic rings. The topological polar surface area (TPSA) is 86.7 Å². The van der Waals surface area contributed by atoms with Gasteiger partial charge in [-0.1, -0.05) is 20.8 Å². The second-order valence-corrected chi connectivity index (χ2v) is 12.0. The van der Waals surface area contributed by atoms with Crippen molar-refractivity contribution in [3.05, 3.63) is 0 Å². The summed E-state index contributed by atoms with van der Waals surface area (Å²) in [6.45, 7) is 6.84. The lowest BCUT2D eigenvalue weighted by Crippen LogP contribution is -2.60. The van der Waals surface area contributed by atoms with Crippen molar-refractivity contribution in [2.24, 2.45) is 52.3 Å². The van der Waals surface area contributed by atoms with Crippen LogP contribution in [0.4, 0.5) is 0 Å². The van der Waals surface area contributed by atoms with Gasteiger partial charge in [0.1, 0.15) is 11.6 Å². The molecule has 6 heteroatoms. The Morgan fingerprint density at radius 1 is 0.941 bits per heavy atom. The highest BCUT2D eigenvalue weighted by Gasteiger charge is 2.64. The Balaban J connectivity index is 1.56. The number of methoxy groups -OCH3 is 2. The molecule has 0 bridgehead atoms. The number of rotatable bonds is 6. The zero-order chi connectivity index (χ0) is 24.8. The number of ketones is 2. The van der Waals surface area contributed by atoms with Crippen LogP contribution in [-0.2, 0) is 28.7 Å². The van der Waals surface area contributed by atoms with Gasteiger partial charge in [-0.05, 0) is 85.9 Å². The fourth-order valence-electron chi connectivity index (χ4n) is 9.01. The number of hydrogen-bond acceptors (Lipinski definition) is 6. The molecule has 4 saturated carbocycles. The van der Waals surface area contributed by atoms with Gasteiger partial charge in [0.05, 0.1) is 14.2 Å². The van der Waals surface area contributed by atoms with Crippen molar-refractivity contribution in [2.75, 3.05) is 14.2 Å². The second-order valence-electron chi connectivity index (χ2n) is 12.0. The number of fused-ring (bicyclic) bond motifs is 5. The van der Waals surface area contributed by atoms with Crippen molar-refractivity contribution in [3.63, 3.8) is 0 Å². The Kier molecular flexibility index (Phi) is 7.00. The van der Waals surface area contributed by atoms with Crippen molar-refractivity contribution < 1.29 is 28.7 Å². The Labute approximate surface area is 203 Å². The second kappa shape index (κ2) is 9.39. The van der Waals surface area contributed by atoms with E-state index in [1.807, 2.05) is 0 Å². The van der Waals surface area contributed by atoms with Crippen LogP contribution >= 0.6 is 0 Å². The smallest absolute Gasteiger partial charge is 0.320 e. The van der Waals surface area contributed by atoms with Crippen LogP contribution in [0.5, 0.6) is 0 Å². The van der Waals surface area contributed by atoms with E-state index >= 15 is 0 Å². The average Bonchev–Trinajstić information content (AvgIpc) is 3.16. The number of esters is 2. The molecule has 190 valence electrons. The first kappa shape index (κ1) is 25.4. The van der Waals surface area contributed by atoms with Crippen LogP contribution in [0.1, 0.15) is 85.0 Å². The number of ether oxygens (including phenoxy) is 2. The van der Waals surface area contributed by atoms with Gasteiger partial charge in [0.15, 0.2) is 5.92 Å². The van der Waals surface area contributed by atoms with Crippen molar-refractivity contribution in [3.8, 4) is 0 Å². The van der Waals surface area contributed by atoms with Crippen LogP contribution < -0.4 is 0 Å². The standard InChI is InChI=1S/C28H42O6/c1-6-18-22-15-17(29)11-13-28(22,3)21-12-14-27(2)16(8-10-20(27)23(21)24(18)30)7-9-19(25(31)33-4)26(32)34-5/h16,18-23H,6-15H2,1-5H3/t16?,18-,20?,21?,22+,23?,27-,28-/m1/s1. The van der Waals surface area contributed by atoms with Crippen molar-refractivity contribution in [1.29, 1.82) is 0 Å². The number of carbonyl (C=O) groups is 4. The van der Waals surface area contributed by atoms with E-state index in [-0.39, 0.29) is 28.6 Å². The molecule has 0 amide bonds. The third-order valence-corrected chi connectivity index (χ3v) is 10.9. The lowest BCUT2D eigenvalue weighted by molar-refractivity contribution is -0.169. The van der Waals surface area contributed by atoms with Crippen LogP contribution in [0.3, 0.4) is 0 Å². The minimum absolute atomic E-state index is 0.0000654. The minimum atomic E-state index is -0.880. The molecule has 0 spiro atoms. The van der Waals surface area contributed by atoms with Crippen LogP contribution in [0.15, 0.2) is 0 Å². The lowest BCUT2D eigenvalue weighted by atomic mass is 9.42. The maximum atomic E-state index is 14.0. The van der Waals surface area contributed by atoms with E-state index in [9.17, 15) is 19.2 Å². The molecule has 0 heterocycles. The van der Waals surface area contributed by atoms with Gasteiger partial charge in [0.2, 0.25) is 0 Å².